The van der Waals surface area contributed by atoms with E-state index in [4.69, 9.17) is 14.9 Å². The van der Waals surface area contributed by atoms with Crippen LogP contribution >= 0.6 is 0 Å². The Morgan fingerprint density at radius 2 is 1.52 bits per heavy atom. The van der Waals surface area contributed by atoms with Gasteiger partial charge in [-0.3, -0.25) is 9.59 Å². The van der Waals surface area contributed by atoms with Gasteiger partial charge in [0.1, 0.15) is 5.75 Å². The van der Waals surface area contributed by atoms with E-state index in [1.54, 1.807) is 0 Å². The third-order valence-electron chi connectivity index (χ3n) is 5.43. The molecule has 0 unspecified atom stereocenters. The molecule has 0 radical (unpaired) electrons. The van der Waals surface area contributed by atoms with E-state index in [2.05, 4.69) is 10.8 Å². The Labute approximate surface area is 187 Å². The van der Waals surface area contributed by atoms with Crippen molar-refractivity contribution < 1.29 is 29.3 Å². The lowest BCUT2D eigenvalue weighted by Gasteiger charge is -2.15. The Bertz CT molecular complexity index is 628. The topological polar surface area (TPSA) is 93.1 Å². The summed E-state index contributed by atoms with van der Waals surface area (Å²) in [5.74, 6) is -0.123. The number of hydrogen-bond donors (Lipinski definition) is 2. The van der Waals surface area contributed by atoms with Gasteiger partial charge in [0, 0.05) is 19.4 Å². The van der Waals surface area contributed by atoms with Crippen molar-refractivity contribution in [3.05, 3.63) is 29.3 Å². The number of esters is 1. The molecule has 0 saturated heterocycles. The van der Waals surface area contributed by atoms with Crippen molar-refractivity contribution in [3.63, 3.8) is 0 Å². The zero-order valence-corrected chi connectivity index (χ0v) is 19.1. The molecular formula is C25H40O6. The van der Waals surface area contributed by atoms with E-state index in [-0.39, 0.29) is 19.0 Å². The molecule has 1 rings (SSSR count). The highest BCUT2D eigenvalue weighted by atomic mass is 16.5. The average molecular weight is 437 g/mol. The Morgan fingerprint density at radius 3 is 2.23 bits per heavy atom. The minimum absolute atomic E-state index is 0.101. The molecule has 0 heterocycles. The molecule has 0 aliphatic carbocycles. The molecule has 0 aliphatic heterocycles. The van der Waals surface area contributed by atoms with Gasteiger partial charge in [0.25, 0.3) is 0 Å². The lowest BCUT2D eigenvalue weighted by Crippen LogP contribution is -2.06. The Balaban J connectivity index is 2.42. The first-order valence-corrected chi connectivity index (χ1v) is 11.7. The van der Waals surface area contributed by atoms with Crippen molar-refractivity contribution in [1.82, 2.24) is 0 Å². The molecule has 0 spiro atoms. The minimum Gasteiger partial charge on any atom is -0.493 e. The number of rotatable bonds is 19. The Morgan fingerprint density at radius 1 is 0.839 bits per heavy atom. The van der Waals surface area contributed by atoms with Crippen LogP contribution in [0.3, 0.4) is 0 Å². The summed E-state index contributed by atoms with van der Waals surface area (Å²) in [7, 11) is 1.42. The maximum atomic E-state index is 11.1. The molecule has 0 atom stereocenters. The normalized spacial score (nSPS) is 10.8. The highest BCUT2D eigenvalue weighted by Gasteiger charge is 2.11. The van der Waals surface area contributed by atoms with Crippen molar-refractivity contribution in [3.8, 4) is 5.75 Å². The minimum atomic E-state index is -0.795. The van der Waals surface area contributed by atoms with E-state index in [1.807, 2.05) is 12.1 Å². The van der Waals surface area contributed by atoms with Crippen molar-refractivity contribution in [2.75, 3.05) is 20.3 Å². The average Bonchev–Trinajstić information content (AvgIpc) is 2.76. The Hall–Kier alpha value is -2.08. The molecule has 0 aromatic heterocycles. The van der Waals surface area contributed by atoms with Crippen LogP contribution in [0.25, 0.3) is 0 Å². The molecule has 0 saturated carbocycles. The number of ether oxygens (including phenoxy) is 2. The van der Waals surface area contributed by atoms with E-state index < -0.39 is 5.97 Å². The third kappa shape index (κ3) is 13.0. The zero-order chi connectivity index (χ0) is 22.7. The summed E-state index contributed by atoms with van der Waals surface area (Å²) in [4.78, 5) is 22.2. The predicted octanol–water partition coefficient (Wildman–Crippen LogP) is 5.08. The number of hydrogen-bond acceptors (Lipinski definition) is 5. The number of unbranched alkanes of at least 4 members (excludes halogenated alkanes) is 8. The van der Waals surface area contributed by atoms with Crippen molar-refractivity contribution in [2.45, 2.75) is 89.9 Å². The second-order valence-electron chi connectivity index (χ2n) is 7.97. The maximum absolute atomic E-state index is 11.1. The van der Waals surface area contributed by atoms with Crippen molar-refractivity contribution in [1.29, 1.82) is 0 Å². The SMILES string of the molecule is COC(=O)CCCCCCCCOc1cccc(CCCCCCO)c1CCC(=O)O. The molecule has 0 fully saturated rings. The van der Waals surface area contributed by atoms with Gasteiger partial charge in [0.15, 0.2) is 0 Å². The lowest BCUT2D eigenvalue weighted by molar-refractivity contribution is -0.140. The molecule has 1 aromatic rings. The number of aryl methyl sites for hydroxylation is 1. The molecular weight excluding hydrogens is 396 g/mol. The number of aliphatic hydroxyl groups is 1. The molecule has 2 N–H and O–H groups in total. The van der Waals surface area contributed by atoms with Crippen LogP contribution in [0, 0.1) is 0 Å². The first-order valence-electron chi connectivity index (χ1n) is 11.7. The molecule has 0 aliphatic rings. The van der Waals surface area contributed by atoms with E-state index >= 15 is 0 Å². The number of aliphatic hydroxyl groups excluding tert-OH is 1. The van der Waals surface area contributed by atoms with Crippen LogP contribution < -0.4 is 4.74 Å². The fraction of sp³-hybridized carbons (Fsp3) is 0.680. The van der Waals surface area contributed by atoms with Crippen LogP contribution in [0.15, 0.2) is 18.2 Å². The van der Waals surface area contributed by atoms with Gasteiger partial charge in [-0.05, 0) is 55.7 Å². The quantitative estimate of drug-likeness (QED) is 0.232. The monoisotopic (exact) mass is 436 g/mol. The number of benzene rings is 1. The second-order valence-corrected chi connectivity index (χ2v) is 7.97. The lowest BCUT2D eigenvalue weighted by atomic mass is 9.97. The first kappa shape index (κ1) is 27.0. The van der Waals surface area contributed by atoms with E-state index in [0.717, 1.165) is 81.9 Å². The van der Waals surface area contributed by atoms with Gasteiger partial charge in [-0.2, -0.15) is 0 Å². The largest absolute Gasteiger partial charge is 0.493 e. The molecule has 176 valence electrons. The molecule has 6 nitrogen and oxygen atoms in total. The van der Waals surface area contributed by atoms with Gasteiger partial charge in [-0.15, -0.1) is 0 Å². The van der Waals surface area contributed by atoms with E-state index in [1.165, 1.54) is 12.7 Å². The van der Waals surface area contributed by atoms with Crippen LogP contribution in [-0.2, 0) is 27.2 Å². The van der Waals surface area contributed by atoms with Crippen LogP contribution in [-0.4, -0.2) is 42.5 Å². The van der Waals surface area contributed by atoms with Gasteiger partial charge in [-0.1, -0.05) is 50.7 Å². The molecule has 0 amide bonds. The fourth-order valence-electron chi connectivity index (χ4n) is 3.64. The first-order chi connectivity index (χ1) is 15.1. The molecule has 6 heteroatoms. The number of carboxylic acids is 1. The fourth-order valence-corrected chi connectivity index (χ4v) is 3.64. The van der Waals surface area contributed by atoms with Gasteiger partial charge < -0.3 is 19.7 Å². The summed E-state index contributed by atoms with van der Waals surface area (Å²) >= 11 is 0. The number of methoxy groups -OCH3 is 1. The standard InChI is InChI=1S/C25H40O6/c1-30-25(29)16-9-4-2-3-7-11-20-31-23-15-12-14-21(13-8-5-6-10-19-26)22(23)17-18-24(27)28/h12,14-15,26H,2-11,13,16-20H2,1H3,(H,27,28). The van der Waals surface area contributed by atoms with Crippen LogP contribution in [0.2, 0.25) is 0 Å². The van der Waals surface area contributed by atoms with Gasteiger partial charge in [0.05, 0.1) is 13.7 Å². The summed E-state index contributed by atoms with van der Waals surface area (Å²) in [6, 6.07) is 6.01. The number of carboxylic acid groups (broad SMARTS) is 1. The van der Waals surface area contributed by atoms with Crippen LogP contribution in [0.5, 0.6) is 5.75 Å². The highest BCUT2D eigenvalue weighted by molar-refractivity contribution is 5.69. The summed E-state index contributed by atoms with van der Waals surface area (Å²) in [5.41, 5.74) is 2.20. The number of aliphatic carboxylic acids is 1. The summed E-state index contributed by atoms with van der Waals surface area (Å²) in [6.45, 7) is 0.864. The van der Waals surface area contributed by atoms with Gasteiger partial charge in [-0.25, -0.2) is 0 Å². The van der Waals surface area contributed by atoms with Crippen molar-refractivity contribution in [2.24, 2.45) is 0 Å². The van der Waals surface area contributed by atoms with Gasteiger partial charge >= 0.3 is 11.9 Å². The smallest absolute Gasteiger partial charge is 0.305 e. The molecule has 1 aromatic carbocycles. The van der Waals surface area contributed by atoms with Crippen LogP contribution in [0.1, 0.15) is 88.2 Å². The number of carbonyl (C=O) groups is 2. The third-order valence-corrected chi connectivity index (χ3v) is 5.43. The van der Waals surface area contributed by atoms with Crippen molar-refractivity contribution >= 4 is 11.9 Å². The Kier molecular flexibility index (Phi) is 15.3. The maximum Gasteiger partial charge on any atom is 0.305 e. The molecule has 0 bridgehead atoms. The van der Waals surface area contributed by atoms with Crippen LogP contribution in [0.4, 0.5) is 0 Å². The summed E-state index contributed by atoms with van der Waals surface area (Å²) < 4.78 is 10.7. The highest BCUT2D eigenvalue weighted by Crippen LogP contribution is 2.26. The summed E-state index contributed by atoms with van der Waals surface area (Å²) in [5, 5.41) is 18.0. The predicted molar refractivity (Wildman–Crippen MR) is 121 cm³/mol. The zero-order valence-electron chi connectivity index (χ0n) is 19.1. The second kappa shape index (κ2) is 17.6. The summed E-state index contributed by atoms with van der Waals surface area (Å²) in [6.07, 6.45) is 12.1. The molecule has 31 heavy (non-hydrogen) atoms. The number of carbonyl (C=O) groups excluding carboxylic acids is 1. The van der Waals surface area contributed by atoms with E-state index in [9.17, 15) is 9.59 Å². The van der Waals surface area contributed by atoms with E-state index in [0.29, 0.717) is 19.4 Å². The van der Waals surface area contributed by atoms with Gasteiger partial charge in [0.2, 0.25) is 0 Å².